The molecule has 0 saturated carbocycles. The van der Waals surface area contributed by atoms with Gasteiger partial charge in [-0.25, -0.2) is 0 Å². The number of likely N-dealkylation sites (N-methyl/N-ethyl adjacent to an activating group) is 1. The molecular weight excluding hydrogens is 228 g/mol. The summed E-state index contributed by atoms with van der Waals surface area (Å²) in [4.78, 5) is 14.0. The van der Waals surface area contributed by atoms with Crippen LogP contribution in [0.3, 0.4) is 0 Å². The van der Waals surface area contributed by atoms with Gasteiger partial charge in [-0.05, 0) is 26.9 Å². The van der Waals surface area contributed by atoms with Gasteiger partial charge in [0, 0.05) is 18.7 Å². The van der Waals surface area contributed by atoms with Crippen molar-refractivity contribution in [2.24, 2.45) is 5.92 Å². The quantitative estimate of drug-likeness (QED) is 0.805. The van der Waals surface area contributed by atoms with E-state index in [1.54, 1.807) is 6.20 Å². The number of hydrogen-bond acceptors (Lipinski definition) is 3. The number of hydrogen-bond donors (Lipinski definition) is 1. The second kappa shape index (κ2) is 7.16. The third-order valence-corrected chi connectivity index (χ3v) is 3.03. The number of rotatable bonds is 7. The van der Waals surface area contributed by atoms with E-state index in [1.807, 2.05) is 38.8 Å². The van der Waals surface area contributed by atoms with Crippen LogP contribution in [0.1, 0.15) is 26.7 Å². The first kappa shape index (κ1) is 14.7. The largest absolute Gasteiger partial charge is 0.323 e. The Bertz CT molecular complexity index is 369. The Morgan fingerprint density at radius 1 is 1.44 bits per heavy atom. The summed E-state index contributed by atoms with van der Waals surface area (Å²) in [5.41, 5.74) is 0.783. The van der Waals surface area contributed by atoms with Gasteiger partial charge in [-0.2, -0.15) is 5.10 Å². The zero-order valence-electron chi connectivity index (χ0n) is 11.8. The van der Waals surface area contributed by atoms with Crippen LogP contribution in [0.25, 0.3) is 0 Å². The predicted octanol–water partition coefficient (Wildman–Crippen LogP) is 1.82. The van der Waals surface area contributed by atoms with Crippen molar-refractivity contribution in [3.8, 4) is 0 Å². The van der Waals surface area contributed by atoms with Crippen molar-refractivity contribution in [3.05, 3.63) is 12.4 Å². The lowest BCUT2D eigenvalue weighted by Gasteiger charge is -2.11. The van der Waals surface area contributed by atoms with Crippen LogP contribution < -0.4 is 5.32 Å². The van der Waals surface area contributed by atoms with Gasteiger partial charge in [-0.1, -0.05) is 13.8 Å². The van der Waals surface area contributed by atoms with Gasteiger partial charge in [0.1, 0.15) is 0 Å². The lowest BCUT2D eigenvalue weighted by atomic mass is 10.0. The topological polar surface area (TPSA) is 50.2 Å². The van der Waals surface area contributed by atoms with Crippen molar-refractivity contribution in [2.75, 3.05) is 26.0 Å². The fourth-order valence-corrected chi connectivity index (χ4v) is 1.76. The fourth-order valence-electron chi connectivity index (χ4n) is 1.76. The third-order valence-electron chi connectivity index (χ3n) is 3.03. The van der Waals surface area contributed by atoms with Gasteiger partial charge in [0.25, 0.3) is 0 Å². The fraction of sp³-hybridized carbons (Fsp3) is 0.692. The van der Waals surface area contributed by atoms with Crippen molar-refractivity contribution < 1.29 is 4.79 Å². The monoisotopic (exact) mass is 252 g/mol. The minimum absolute atomic E-state index is 0.0900. The van der Waals surface area contributed by atoms with Gasteiger partial charge in [0.2, 0.25) is 5.91 Å². The minimum atomic E-state index is 0.0900. The van der Waals surface area contributed by atoms with Crippen LogP contribution in [-0.4, -0.2) is 41.2 Å². The number of nitrogens with one attached hydrogen (secondary N) is 1. The molecular formula is C13H24N4O. The second-order valence-corrected chi connectivity index (χ2v) is 4.80. The normalized spacial score (nSPS) is 11.2. The molecule has 0 bridgehead atoms. The van der Waals surface area contributed by atoms with Crippen molar-refractivity contribution in [3.63, 3.8) is 0 Å². The van der Waals surface area contributed by atoms with E-state index in [9.17, 15) is 4.79 Å². The molecule has 0 saturated heterocycles. The maximum atomic E-state index is 11.9. The van der Waals surface area contributed by atoms with E-state index in [2.05, 4.69) is 15.3 Å². The summed E-state index contributed by atoms with van der Waals surface area (Å²) >= 11 is 0. The van der Waals surface area contributed by atoms with Gasteiger partial charge in [0.15, 0.2) is 0 Å². The van der Waals surface area contributed by atoms with Crippen LogP contribution in [0.15, 0.2) is 12.4 Å². The number of amides is 1. The zero-order chi connectivity index (χ0) is 13.5. The highest BCUT2D eigenvalue weighted by Gasteiger charge is 2.14. The molecule has 0 aliphatic rings. The number of nitrogens with zero attached hydrogens (tertiary/aromatic N) is 3. The van der Waals surface area contributed by atoms with Gasteiger partial charge >= 0.3 is 0 Å². The minimum Gasteiger partial charge on any atom is -0.323 e. The van der Waals surface area contributed by atoms with Crippen LogP contribution in [0.5, 0.6) is 0 Å². The Kier molecular flexibility index (Phi) is 5.85. The van der Waals surface area contributed by atoms with Crippen LogP contribution in [0, 0.1) is 5.92 Å². The molecule has 0 spiro atoms. The summed E-state index contributed by atoms with van der Waals surface area (Å²) in [6.07, 6.45) is 5.33. The molecule has 5 heteroatoms. The van der Waals surface area contributed by atoms with Crippen LogP contribution in [0.4, 0.5) is 5.69 Å². The molecule has 0 aliphatic carbocycles. The number of anilines is 1. The molecule has 1 aromatic heterocycles. The number of carbonyl (C=O) groups excluding carboxylic acids is 1. The Morgan fingerprint density at radius 2 is 2.11 bits per heavy atom. The van der Waals surface area contributed by atoms with Gasteiger partial charge in [0.05, 0.1) is 18.4 Å². The molecule has 0 aliphatic heterocycles. The summed E-state index contributed by atoms with van der Waals surface area (Å²) < 4.78 is 1.85. The summed E-state index contributed by atoms with van der Waals surface area (Å²) in [6, 6.07) is 0. The standard InChI is InChI=1S/C13H24N4O/c1-5-11(6-2)13(18)15-12-9-14-17(10-12)8-7-16(3)4/h9-11H,5-8H2,1-4H3,(H,15,18). The molecule has 0 unspecified atom stereocenters. The number of carbonyl (C=O) groups is 1. The molecule has 1 rings (SSSR count). The lowest BCUT2D eigenvalue weighted by molar-refractivity contribution is -0.120. The maximum Gasteiger partial charge on any atom is 0.227 e. The Balaban J connectivity index is 2.50. The second-order valence-electron chi connectivity index (χ2n) is 4.80. The molecule has 1 amide bonds. The van der Waals surface area contributed by atoms with E-state index in [-0.39, 0.29) is 11.8 Å². The zero-order valence-corrected chi connectivity index (χ0v) is 11.8. The van der Waals surface area contributed by atoms with Gasteiger partial charge in [-0.15, -0.1) is 0 Å². The molecule has 1 N–H and O–H groups in total. The Labute approximate surface area is 109 Å². The molecule has 0 aromatic carbocycles. The highest BCUT2D eigenvalue weighted by Crippen LogP contribution is 2.12. The van der Waals surface area contributed by atoms with Crippen molar-refractivity contribution in [1.82, 2.24) is 14.7 Å². The third kappa shape index (κ3) is 4.49. The predicted molar refractivity (Wildman–Crippen MR) is 73.5 cm³/mol. The van der Waals surface area contributed by atoms with Gasteiger partial charge in [-0.3, -0.25) is 9.48 Å². The molecule has 0 radical (unpaired) electrons. The first-order valence-electron chi connectivity index (χ1n) is 6.54. The van der Waals surface area contributed by atoms with Crippen molar-refractivity contribution >= 4 is 11.6 Å². The van der Waals surface area contributed by atoms with E-state index >= 15 is 0 Å². The Hall–Kier alpha value is -1.36. The average Bonchev–Trinajstić information content (AvgIpc) is 2.75. The summed E-state index contributed by atoms with van der Waals surface area (Å²) in [7, 11) is 4.05. The molecule has 5 nitrogen and oxygen atoms in total. The average molecular weight is 252 g/mol. The smallest absolute Gasteiger partial charge is 0.227 e. The van der Waals surface area contributed by atoms with E-state index in [0.29, 0.717) is 0 Å². The molecule has 18 heavy (non-hydrogen) atoms. The highest BCUT2D eigenvalue weighted by atomic mass is 16.1. The molecule has 102 valence electrons. The van der Waals surface area contributed by atoms with Crippen LogP contribution in [-0.2, 0) is 11.3 Å². The van der Waals surface area contributed by atoms with E-state index < -0.39 is 0 Å². The first-order valence-corrected chi connectivity index (χ1v) is 6.54. The summed E-state index contributed by atoms with van der Waals surface area (Å²) in [6.45, 7) is 5.83. The number of aromatic nitrogens is 2. The van der Waals surface area contributed by atoms with E-state index in [0.717, 1.165) is 31.6 Å². The van der Waals surface area contributed by atoms with Crippen LogP contribution in [0.2, 0.25) is 0 Å². The lowest BCUT2D eigenvalue weighted by Crippen LogP contribution is -2.21. The van der Waals surface area contributed by atoms with Crippen LogP contribution >= 0.6 is 0 Å². The first-order chi connectivity index (χ1) is 8.56. The molecule has 0 fully saturated rings. The van der Waals surface area contributed by atoms with E-state index in [1.165, 1.54) is 0 Å². The van der Waals surface area contributed by atoms with Crippen molar-refractivity contribution in [2.45, 2.75) is 33.2 Å². The molecule has 0 atom stereocenters. The highest BCUT2D eigenvalue weighted by molar-refractivity contribution is 5.92. The van der Waals surface area contributed by atoms with Crippen molar-refractivity contribution in [1.29, 1.82) is 0 Å². The molecule has 1 heterocycles. The van der Waals surface area contributed by atoms with Gasteiger partial charge < -0.3 is 10.2 Å². The summed E-state index contributed by atoms with van der Waals surface area (Å²) in [5.74, 6) is 0.183. The van der Waals surface area contributed by atoms with E-state index in [4.69, 9.17) is 0 Å². The SMILES string of the molecule is CCC(CC)C(=O)Nc1cnn(CCN(C)C)c1. The maximum absolute atomic E-state index is 11.9. The Morgan fingerprint density at radius 3 is 2.67 bits per heavy atom. The summed E-state index contributed by atoms with van der Waals surface area (Å²) in [5, 5.41) is 7.14. The molecule has 1 aromatic rings.